The Bertz CT molecular complexity index is 1280. The van der Waals surface area contributed by atoms with E-state index in [4.69, 9.17) is 9.47 Å². The predicted molar refractivity (Wildman–Crippen MR) is 140 cm³/mol. The Morgan fingerprint density at radius 2 is 1.74 bits per heavy atom. The number of aromatic nitrogens is 1. The minimum atomic E-state index is -0.865. The summed E-state index contributed by atoms with van der Waals surface area (Å²) in [5.41, 5.74) is 2.34. The van der Waals surface area contributed by atoms with Gasteiger partial charge >= 0.3 is 11.9 Å². The molecule has 0 aliphatic carbocycles. The number of hydrogen-bond donors (Lipinski definition) is 2. The van der Waals surface area contributed by atoms with E-state index in [1.807, 2.05) is 12.1 Å². The number of β-lactam (4-membered cyclic amide) rings is 1. The van der Waals surface area contributed by atoms with Crippen molar-refractivity contribution >= 4 is 29.3 Å². The first-order valence-electron chi connectivity index (χ1n) is 12.8. The van der Waals surface area contributed by atoms with Gasteiger partial charge in [-0.3, -0.25) is 19.4 Å². The maximum Gasteiger partial charge on any atom is 0.358 e. The van der Waals surface area contributed by atoms with Gasteiger partial charge in [-0.15, -0.1) is 0 Å². The second kappa shape index (κ2) is 11.4. The van der Waals surface area contributed by atoms with Crippen molar-refractivity contribution in [3.63, 3.8) is 0 Å². The van der Waals surface area contributed by atoms with E-state index < -0.39 is 36.2 Å². The third-order valence-corrected chi connectivity index (χ3v) is 6.82. The Kier molecular flexibility index (Phi) is 8.15. The maximum atomic E-state index is 13.1. The van der Waals surface area contributed by atoms with E-state index in [1.54, 1.807) is 64.4 Å². The third-order valence-electron chi connectivity index (χ3n) is 6.82. The molecular formula is C29H33N3O7. The summed E-state index contributed by atoms with van der Waals surface area (Å²) in [6, 6.07) is 10.5. The number of rotatable bonds is 9. The van der Waals surface area contributed by atoms with Gasteiger partial charge in [-0.05, 0) is 68.5 Å². The van der Waals surface area contributed by atoms with Crippen LogP contribution in [0.1, 0.15) is 50.8 Å². The van der Waals surface area contributed by atoms with E-state index in [0.29, 0.717) is 24.1 Å². The highest BCUT2D eigenvalue weighted by molar-refractivity contribution is 6.06. The minimum absolute atomic E-state index is 0.0801. The molecule has 1 aromatic carbocycles. The third kappa shape index (κ3) is 6.17. The zero-order chi connectivity index (χ0) is 28.3. The molecule has 0 unspecified atom stereocenters. The summed E-state index contributed by atoms with van der Waals surface area (Å²) >= 11 is 0. The summed E-state index contributed by atoms with van der Waals surface area (Å²) in [5, 5.41) is 13.0. The summed E-state index contributed by atoms with van der Waals surface area (Å²) in [4.78, 5) is 55.7. The predicted octanol–water partition coefficient (Wildman–Crippen LogP) is 2.35. The molecule has 2 amide bonds. The van der Waals surface area contributed by atoms with Crippen molar-refractivity contribution in [2.24, 2.45) is 11.3 Å². The second-order valence-corrected chi connectivity index (χ2v) is 10.8. The Morgan fingerprint density at radius 1 is 1.08 bits per heavy atom. The molecule has 1 fully saturated rings. The van der Waals surface area contributed by atoms with E-state index in [2.05, 4.69) is 10.3 Å². The average molecular weight is 536 g/mol. The Hall–Kier alpha value is -4.05. The Morgan fingerprint density at radius 3 is 2.36 bits per heavy atom. The van der Waals surface area contributed by atoms with E-state index in [0.717, 1.165) is 11.1 Å². The van der Waals surface area contributed by atoms with Crippen LogP contribution in [0.5, 0.6) is 0 Å². The van der Waals surface area contributed by atoms with Crippen LogP contribution in [-0.4, -0.2) is 57.7 Å². The van der Waals surface area contributed by atoms with Gasteiger partial charge in [0.25, 0.3) is 0 Å². The molecule has 2 aliphatic heterocycles. The largest absolute Gasteiger partial charge is 0.427 e. The number of pyridine rings is 1. The first-order valence-corrected chi connectivity index (χ1v) is 12.8. The molecule has 206 valence electrons. The van der Waals surface area contributed by atoms with Crippen molar-refractivity contribution in [3.05, 3.63) is 71.2 Å². The van der Waals surface area contributed by atoms with Gasteiger partial charge in [-0.2, -0.15) is 0 Å². The molecule has 0 saturated carbocycles. The molecular weight excluding hydrogens is 502 g/mol. The van der Waals surface area contributed by atoms with E-state index >= 15 is 0 Å². The van der Waals surface area contributed by atoms with Crippen molar-refractivity contribution in [3.8, 4) is 0 Å². The minimum Gasteiger partial charge on any atom is -0.427 e. The number of ether oxygens (including phenoxy) is 2. The smallest absolute Gasteiger partial charge is 0.358 e. The van der Waals surface area contributed by atoms with Gasteiger partial charge in [0.15, 0.2) is 0 Å². The molecule has 39 heavy (non-hydrogen) atoms. The lowest BCUT2D eigenvalue weighted by molar-refractivity contribution is -0.175. The van der Waals surface area contributed by atoms with Crippen LogP contribution in [0.15, 0.2) is 54.5 Å². The molecule has 0 radical (unpaired) electrons. The first kappa shape index (κ1) is 28.0. The number of carbonyl (C=O) groups is 4. The SMILES string of the molecule is C[C@@H](O)[C@H]1C(=O)N2C(C(=O)OCOC(=O)C(C)(C)C)=C(c3ccc(CC(=O)NCc4ccncc4)cc3)C[C@H]12. The molecule has 3 atom stereocenters. The zero-order valence-electron chi connectivity index (χ0n) is 22.5. The van der Waals surface area contributed by atoms with Crippen LogP contribution in [0, 0.1) is 11.3 Å². The standard InChI is InChI=1S/C29H33N3O7/c1-17(33)24-22-14-21(25(32(22)26(24)35)27(36)38-16-39-28(37)29(2,3)4)20-7-5-18(6-8-20)13-23(34)31-15-19-9-11-30-12-10-19/h5-12,17,22,24,33H,13-16H2,1-4H3,(H,31,34)/t17-,22-,24-/m1/s1. The number of aliphatic hydroxyl groups is 1. The molecule has 0 bridgehead atoms. The molecule has 2 N–H and O–H groups in total. The summed E-state index contributed by atoms with van der Waals surface area (Å²) in [5.74, 6) is -2.42. The fraction of sp³-hybridized carbons (Fsp3) is 0.414. The molecule has 4 rings (SSSR count). The van der Waals surface area contributed by atoms with Crippen molar-refractivity contribution in [2.45, 2.75) is 59.2 Å². The van der Waals surface area contributed by atoms with Gasteiger partial charge in [0.05, 0.1) is 29.9 Å². The van der Waals surface area contributed by atoms with Gasteiger partial charge in [-0.25, -0.2) is 4.79 Å². The van der Waals surface area contributed by atoms with Crippen LogP contribution in [0.3, 0.4) is 0 Å². The van der Waals surface area contributed by atoms with Gasteiger partial charge < -0.3 is 24.8 Å². The fourth-order valence-electron chi connectivity index (χ4n) is 4.71. The summed E-state index contributed by atoms with van der Waals surface area (Å²) < 4.78 is 10.3. The van der Waals surface area contributed by atoms with Crippen LogP contribution in [-0.2, 0) is 41.6 Å². The number of nitrogens with one attached hydrogen (secondary N) is 1. The van der Waals surface area contributed by atoms with Crippen LogP contribution in [0.4, 0.5) is 0 Å². The molecule has 3 heterocycles. The first-order chi connectivity index (χ1) is 18.5. The van der Waals surface area contributed by atoms with Gasteiger partial charge in [0.1, 0.15) is 5.70 Å². The lowest BCUT2D eigenvalue weighted by atomic mass is 9.82. The van der Waals surface area contributed by atoms with Crippen LogP contribution in [0.2, 0.25) is 0 Å². The molecule has 1 saturated heterocycles. The maximum absolute atomic E-state index is 13.1. The highest BCUT2D eigenvalue weighted by atomic mass is 16.7. The lowest BCUT2D eigenvalue weighted by Crippen LogP contribution is -2.61. The van der Waals surface area contributed by atoms with Gasteiger partial charge in [0, 0.05) is 18.9 Å². The fourth-order valence-corrected chi connectivity index (χ4v) is 4.71. The highest BCUT2D eigenvalue weighted by Gasteiger charge is 2.57. The molecule has 10 nitrogen and oxygen atoms in total. The topological polar surface area (TPSA) is 135 Å². The summed E-state index contributed by atoms with van der Waals surface area (Å²) in [7, 11) is 0. The normalized spacial score (nSPS) is 19.2. The Labute approximate surface area is 227 Å². The van der Waals surface area contributed by atoms with Crippen molar-refractivity contribution < 1.29 is 33.8 Å². The summed E-state index contributed by atoms with van der Waals surface area (Å²) in [6.45, 7) is 6.43. The monoisotopic (exact) mass is 535 g/mol. The highest BCUT2D eigenvalue weighted by Crippen LogP contribution is 2.47. The number of fused-ring (bicyclic) bond motifs is 1. The zero-order valence-corrected chi connectivity index (χ0v) is 22.5. The van der Waals surface area contributed by atoms with Crippen molar-refractivity contribution in [1.29, 1.82) is 0 Å². The second-order valence-electron chi connectivity index (χ2n) is 10.8. The molecule has 10 heteroatoms. The summed E-state index contributed by atoms with van der Waals surface area (Å²) in [6.07, 6.45) is 3.01. The number of esters is 2. The number of carbonyl (C=O) groups excluding carboxylic acids is 4. The lowest BCUT2D eigenvalue weighted by Gasteiger charge is -2.44. The number of benzene rings is 1. The number of amides is 2. The molecule has 2 aliphatic rings. The van der Waals surface area contributed by atoms with Crippen molar-refractivity contribution in [2.75, 3.05) is 6.79 Å². The number of aliphatic hydroxyl groups excluding tert-OH is 1. The van der Waals surface area contributed by atoms with E-state index in [1.165, 1.54) is 4.90 Å². The van der Waals surface area contributed by atoms with Crippen LogP contribution < -0.4 is 5.32 Å². The quantitative estimate of drug-likeness (QED) is 0.284. The van der Waals surface area contributed by atoms with Gasteiger partial charge in [0.2, 0.25) is 18.6 Å². The Balaban J connectivity index is 1.47. The van der Waals surface area contributed by atoms with E-state index in [9.17, 15) is 24.3 Å². The van der Waals surface area contributed by atoms with Gasteiger partial charge in [-0.1, -0.05) is 24.3 Å². The van der Waals surface area contributed by atoms with Crippen molar-refractivity contribution in [1.82, 2.24) is 15.2 Å². The number of nitrogens with zero attached hydrogens (tertiary/aromatic N) is 2. The van der Waals surface area contributed by atoms with E-state index in [-0.39, 0.29) is 30.0 Å². The van der Waals surface area contributed by atoms with Crippen LogP contribution >= 0.6 is 0 Å². The average Bonchev–Trinajstić information content (AvgIpc) is 3.22. The molecule has 1 aromatic heterocycles. The molecule has 0 spiro atoms. The number of hydrogen-bond acceptors (Lipinski definition) is 8. The van der Waals surface area contributed by atoms with Crippen LogP contribution in [0.25, 0.3) is 5.57 Å². The molecule has 2 aromatic rings.